The summed E-state index contributed by atoms with van der Waals surface area (Å²) in [6.07, 6.45) is -0.358. The summed E-state index contributed by atoms with van der Waals surface area (Å²) in [6, 6.07) is 8.73. The van der Waals surface area contributed by atoms with E-state index in [1.54, 1.807) is 12.3 Å². The van der Waals surface area contributed by atoms with E-state index in [9.17, 15) is 18.0 Å². The quantitative estimate of drug-likeness (QED) is 0.808. The highest BCUT2D eigenvalue weighted by molar-refractivity contribution is 5.88. The van der Waals surface area contributed by atoms with E-state index in [4.69, 9.17) is 0 Å². The molecule has 0 radical (unpaired) electrons. The van der Waals surface area contributed by atoms with Crippen LogP contribution in [0.5, 0.6) is 0 Å². The number of rotatable bonds is 2. The van der Waals surface area contributed by atoms with E-state index in [0.717, 1.165) is 42.7 Å². The largest absolute Gasteiger partial charge is 0.416 e. The maximum absolute atomic E-state index is 12.7. The van der Waals surface area contributed by atoms with Gasteiger partial charge in [0, 0.05) is 12.7 Å². The number of hydrogen-bond acceptors (Lipinski definition) is 3. The van der Waals surface area contributed by atoms with Gasteiger partial charge < -0.3 is 5.32 Å². The molecule has 2 N–H and O–H groups in total. The third-order valence-corrected chi connectivity index (χ3v) is 5.27. The summed E-state index contributed by atoms with van der Waals surface area (Å²) in [5.74, 6) is 0.0406. The van der Waals surface area contributed by atoms with Crippen LogP contribution in [0.25, 0.3) is 11.1 Å². The first-order chi connectivity index (χ1) is 12.4. The number of aromatic nitrogens is 1. The zero-order valence-corrected chi connectivity index (χ0v) is 15.2. The Morgan fingerprint density at radius 2 is 1.81 bits per heavy atom. The van der Waals surface area contributed by atoms with Gasteiger partial charge >= 0.3 is 6.18 Å². The minimum atomic E-state index is -4.34. The van der Waals surface area contributed by atoms with Crippen LogP contribution >= 0.6 is 12.4 Å². The average molecular weight is 398 g/mol. The van der Waals surface area contributed by atoms with Gasteiger partial charge in [0.05, 0.1) is 17.3 Å². The number of nitrogens with zero attached hydrogens (tertiary/aromatic N) is 1. The minimum Gasteiger partial charge on any atom is -0.354 e. The number of amides is 1. The predicted octanol–water partition coefficient (Wildman–Crippen LogP) is 3.87. The van der Waals surface area contributed by atoms with Gasteiger partial charge in [-0.1, -0.05) is 12.1 Å². The standard InChI is InChI=1S/C19H18F3N3O.ClH/c20-19(21,22)14-3-1-12(2-4-14)13-6-9-23-16(11-13)15-5-7-18(25-15)8-10-24-17(18)26;/h1-4,6,9,11,15,25H,5,7-8,10H2,(H,24,26);1H/t15-,18+;/m0./s1. The van der Waals surface area contributed by atoms with Crippen LogP contribution in [0.1, 0.15) is 36.6 Å². The zero-order valence-electron chi connectivity index (χ0n) is 14.3. The molecule has 2 atom stereocenters. The van der Waals surface area contributed by atoms with Gasteiger partial charge in [0.25, 0.3) is 0 Å². The number of hydrogen-bond donors (Lipinski definition) is 2. The van der Waals surface area contributed by atoms with Crippen LogP contribution in [-0.2, 0) is 11.0 Å². The number of pyridine rings is 1. The highest BCUT2D eigenvalue weighted by Gasteiger charge is 2.48. The van der Waals surface area contributed by atoms with Gasteiger partial charge in [0.15, 0.2) is 0 Å². The van der Waals surface area contributed by atoms with E-state index < -0.39 is 17.3 Å². The topological polar surface area (TPSA) is 54.0 Å². The van der Waals surface area contributed by atoms with Crippen LogP contribution < -0.4 is 10.6 Å². The van der Waals surface area contributed by atoms with Gasteiger partial charge in [-0.2, -0.15) is 13.2 Å². The minimum absolute atomic E-state index is 0. The first-order valence-electron chi connectivity index (χ1n) is 8.57. The molecule has 27 heavy (non-hydrogen) atoms. The number of carbonyl (C=O) groups is 1. The third kappa shape index (κ3) is 3.66. The summed E-state index contributed by atoms with van der Waals surface area (Å²) in [6.45, 7) is 0.678. The van der Waals surface area contributed by atoms with E-state index in [2.05, 4.69) is 15.6 Å². The number of nitrogens with one attached hydrogen (secondary N) is 2. The normalized spacial score (nSPS) is 24.7. The smallest absolute Gasteiger partial charge is 0.354 e. The van der Waals surface area contributed by atoms with Gasteiger partial charge in [-0.05, 0) is 54.7 Å². The Balaban J connectivity index is 0.00000210. The molecule has 0 saturated carbocycles. The molecule has 4 rings (SSSR count). The van der Waals surface area contributed by atoms with Gasteiger partial charge in [-0.15, -0.1) is 12.4 Å². The Morgan fingerprint density at radius 3 is 2.44 bits per heavy atom. The van der Waals surface area contributed by atoms with Crippen molar-refractivity contribution in [3.8, 4) is 11.1 Å². The predicted molar refractivity (Wildman–Crippen MR) is 97.4 cm³/mol. The lowest BCUT2D eigenvalue weighted by molar-refractivity contribution is -0.137. The maximum atomic E-state index is 12.7. The number of halogens is 4. The zero-order chi connectivity index (χ0) is 18.4. The Labute approximate surface area is 161 Å². The summed E-state index contributed by atoms with van der Waals surface area (Å²) in [4.78, 5) is 16.5. The summed E-state index contributed by atoms with van der Waals surface area (Å²) in [7, 11) is 0. The molecule has 2 aliphatic heterocycles. The van der Waals surface area contributed by atoms with Crippen molar-refractivity contribution in [2.45, 2.75) is 37.0 Å². The van der Waals surface area contributed by atoms with E-state index in [0.29, 0.717) is 12.1 Å². The van der Waals surface area contributed by atoms with E-state index in [1.807, 2.05) is 6.07 Å². The fourth-order valence-electron chi connectivity index (χ4n) is 3.81. The lowest BCUT2D eigenvalue weighted by Gasteiger charge is -2.21. The highest BCUT2D eigenvalue weighted by Crippen LogP contribution is 2.37. The van der Waals surface area contributed by atoms with E-state index in [1.165, 1.54) is 12.1 Å². The summed E-state index contributed by atoms with van der Waals surface area (Å²) < 4.78 is 38.1. The summed E-state index contributed by atoms with van der Waals surface area (Å²) >= 11 is 0. The second kappa shape index (κ2) is 7.13. The second-order valence-electron chi connectivity index (χ2n) is 6.87. The van der Waals surface area contributed by atoms with Crippen LogP contribution in [0.2, 0.25) is 0 Å². The summed E-state index contributed by atoms with van der Waals surface area (Å²) in [5.41, 5.74) is 1.15. The first kappa shape index (κ1) is 19.6. The van der Waals surface area contributed by atoms with Crippen LogP contribution in [0.4, 0.5) is 13.2 Å². The van der Waals surface area contributed by atoms with Crippen molar-refractivity contribution >= 4 is 18.3 Å². The summed E-state index contributed by atoms with van der Waals surface area (Å²) in [5, 5.41) is 6.28. The van der Waals surface area contributed by atoms with Crippen LogP contribution in [0, 0.1) is 0 Å². The molecule has 2 saturated heterocycles. The fraction of sp³-hybridized carbons (Fsp3) is 0.368. The molecular formula is C19H19ClF3N3O. The van der Waals surface area contributed by atoms with Crippen LogP contribution in [0.3, 0.4) is 0 Å². The molecule has 2 fully saturated rings. The molecule has 4 nitrogen and oxygen atoms in total. The van der Waals surface area contributed by atoms with Crippen LogP contribution in [0.15, 0.2) is 42.6 Å². The number of alkyl halides is 3. The lowest BCUT2D eigenvalue weighted by atomic mass is 9.96. The van der Waals surface area contributed by atoms with Crippen molar-refractivity contribution < 1.29 is 18.0 Å². The molecule has 144 valence electrons. The van der Waals surface area contributed by atoms with Gasteiger partial charge in [-0.25, -0.2) is 0 Å². The molecule has 8 heteroatoms. The van der Waals surface area contributed by atoms with Crippen molar-refractivity contribution in [2.24, 2.45) is 0 Å². The molecule has 0 bridgehead atoms. The van der Waals surface area contributed by atoms with Gasteiger partial charge in [-0.3, -0.25) is 15.1 Å². The molecule has 0 aliphatic carbocycles. The van der Waals surface area contributed by atoms with Crippen molar-refractivity contribution in [2.75, 3.05) is 6.54 Å². The SMILES string of the molecule is Cl.O=C1NCC[C@]12CC[C@@H](c1cc(-c3ccc(C(F)(F)F)cc3)ccn1)N2. The molecule has 1 spiro atoms. The highest BCUT2D eigenvalue weighted by atomic mass is 35.5. The second-order valence-corrected chi connectivity index (χ2v) is 6.87. The molecule has 1 aromatic carbocycles. The van der Waals surface area contributed by atoms with Crippen LogP contribution in [-0.4, -0.2) is 23.0 Å². The van der Waals surface area contributed by atoms with Gasteiger partial charge in [0.2, 0.25) is 5.91 Å². The lowest BCUT2D eigenvalue weighted by Crippen LogP contribution is -2.47. The average Bonchev–Trinajstić information content (AvgIpc) is 3.22. The monoisotopic (exact) mass is 397 g/mol. The fourth-order valence-corrected chi connectivity index (χ4v) is 3.81. The molecule has 0 unspecified atom stereocenters. The Morgan fingerprint density at radius 1 is 1.07 bits per heavy atom. The van der Waals surface area contributed by atoms with Crippen molar-refractivity contribution in [3.05, 3.63) is 53.9 Å². The van der Waals surface area contributed by atoms with Gasteiger partial charge in [0.1, 0.15) is 5.54 Å². The Kier molecular flexibility index (Phi) is 5.18. The Bertz CT molecular complexity index is 841. The molecule has 1 aromatic heterocycles. The molecule has 1 amide bonds. The van der Waals surface area contributed by atoms with E-state index in [-0.39, 0.29) is 24.4 Å². The van der Waals surface area contributed by atoms with Crippen molar-refractivity contribution in [3.63, 3.8) is 0 Å². The molecule has 2 aliphatic rings. The first-order valence-corrected chi connectivity index (χ1v) is 8.57. The maximum Gasteiger partial charge on any atom is 0.416 e. The molecular weight excluding hydrogens is 379 g/mol. The number of carbonyl (C=O) groups excluding carboxylic acids is 1. The van der Waals surface area contributed by atoms with E-state index >= 15 is 0 Å². The molecule has 3 heterocycles. The van der Waals surface area contributed by atoms with Crippen molar-refractivity contribution in [1.29, 1.82) is 0 Å². The number of benzene rings is 1. The Hall–Kier alpha value is -2.12. The van der Waals surface area contributed by atoms with Crippen molar-refractivity contribution in [1.82, 2.24) is 15.6 Å². The third-order valence-electron chi connectivity index (χ3n) is 5.27. The molecule has 2 aromatic rings.